The highest BCUT2D eigenvalue weighted by atomic mass is 32.1. The predicted molar refractivity (Wildman–Crippen MR) is 90.4 cm³/mol. The van der Waals surface area contributed by atoms with E-state index in [9.17, 15) is 4.79 Å². The molecule has 1 amide bonds. The van der Waals surface area contributed by atoms with Crippen molar-refractivity contribution in [3.63, 3.8) is 0 Å². The molecule has 4 aromatic rings. The van der Waals surface area contributed by atoms with Gasteiger partial charge in [0.1, 0.15) is 0 Å². The lowest BCUT2D eigenvalue weighted by atomic mass is 10.3. The van der Waals surface area contributed by atoms with Gasteiger partial charge in [0.05, 0.1) is 29.7 Å². The number of benzene rings is 1. The van der Waals surface area contributed by atoms with Crippen molar-refractivity contribution in [2.75, 3.05) is 0 Å². The van der Waals surface area contributed by atoms with Gasteiger partial charge in [-0.05, 0) is 24.3 Å². The predicted octanol–water partition coefficient (Wildman–Crippen LogP) is 2.80. The molecule has 114 valence electrons. The van der Waals surface area contributed by atoms with Gasteiger partial charge in [-0.25, -0.2) is 4.98 Å². The molecule has 4 rings (SSSR count). The van der Waals surface area contributed by atoms with E-state index in [0.29, 0.717) is 13.0 Å². The molecule has 0 spiro atoms. The third-order valence-electron chi connectivity index (χ3n) is 3.65. The van der Waals surface area contributed by atoms with E-state index in [4.69, 9.17) is 0 Å². The fourth-order valence-corrected chi connectivity index (χ4v) is 3.48. The van der Waals surface area contributed by atoms with Crippen LogP contribution in [0.4, 0.5) is 0 Å². The summed E-state index contributed by atoms with van der Waals surface area (Å²) in [5.41, 5.74) is 3.80. The molecular weight excluding hydrogens is 308 g/mol. The minimum atomic E-state index is -0.0202. The third kappa shape index (κ3) is 2.68. The summed E-state index contributed by atoms with van der Waals surface area (Å²) in [6.45, 7) is 0.442. The second-order valence-electron chi connectivity index (χ2n) is 5.22. The number of hydrogen-bond acceptors (Lipinski definition) is 4. The number of hydrogen-bond donors (Lipinski definition) is 1. The van der Waals surface area contributed by atoms with Gasteiger partial charge < -0.3 is 5.32 Å². The molecule has 1 aromatic carbocycles. The van der Waals surface area contributed by atoms with Gasteiger partial charge in [0, 0.05) is 17.3 Å². The number of thiazole rings is 1. The van der Waals surface area contributed by atoms with Crippen LogP contribution >= 0.6 is 11.3 Å². The molecule has 0 saturated heterocycles. The van der Waals surface area contributed by atoms with Crippen molar-refractivity contribution < 1.29 is 4.79 Å². The Labute approximate surface area is 136 Å². The molecule has 0 fully saturated rings. The van der Waals surface area contributed by atoms with Gasteiger partial charge in [-0.15, -0.1) is 11.3 Å². The van der Waals surface area contributed by atoms with Crippen LogP contribution in [0.5, 0.6) is 0 Å². The minimum absolute atomic E-state index is 0.0202. The Hall–Kier alpha value is -2.73. The Balaban J connectivity index is 1.54. The number of pyridine rings is 1. The molecule has 0 radical (unpaired) electrons. The van der Waals surface area contributed by atoms with Crippen LogP contribution in [0.25, 0.3) is 16.0 Å². The zero-order chi connectivity index (χ0) is 15.6. The summed E-state index contributed by atoms with van der Waals surface area (Å²) in [6.07, 6.45) is 2.05. The first kappa shape index (κ1) is 13.9. The van der Waals surface area contributed by atoms with Gasteiger partial charge in [-0.2, -0.15) is 0 Å². The molecule has 0 bridgehead atoms. The summed E-state index contributed by atoms with van der Waals surface area (Å²) in [5.74, 6) is -0.0202. The zero-order valence-corrected chi connectivity index (χ0v) is 13.1. The highest BCUT2D eigenvalue weighted by molar-refractivity contribution is 7.15. The zero-order valence-electron chi connectivity index (χ0n) is 12.3. The standard InChI is InChI=1S/C17H14N4OS/c22-16(19-10-12-5-3-4-8-18-12)9-13-11-23-17-20-14-6-1-2-7-15(14)21(13)17/h1-8,11H,9-10H2,(H,19,22). The lowest BCUT2D eigenvalue weighted by molar-refractivity contribution is -0.120. The van der Waals surface area contributed by atoms with Gasteiger partial charge in [0.25, 0.3) is 0 Å². The first-order valence-electron chi connectivity index (χ1n) is 7.31. The van der Waals surface area contributed by atoms with Crippen molar-refractivity contribution in [1.82, 2.24) is 19.7 Å². The molecule has 3 heterocycles. The molecule has 0 aliphatic heterocycles. The Morgan fingerprint density at radius 1 is 1.17 bits per heavy atom. The lowest BCUT2D eigenvalue weighted by Gasteiger charge is -2.04. The fourth-order valence-electron chi connectivity index (χ4n) is 2.57. The number of carbonyl (C=O) groups excluding carboxylic acids is 1. The van der Waals surface area contributed by atoms with Crippen LogP contribution in [0.2, 0.25) is 0 Å². The van der Waals surface area contributed by atoms with E-state index < -0.39 is 0 Å². The van der Waals surface area contributed by atoms with Gasteiger partial charge in [-0.3, -0.25) is 14.2 Å². The molecule has 0 unspecified atom stereocenters. The van der Waals surface area contributed by atoms with Crippen LogP contribution in [0.15, 0.2) is 54.0 Å². The highest BCUT2D eigenvalue weighted by Gasteiger charge is 2.13. The van der Waals surface area contributed by atoms with Crippen molar-refractivity contribution in [3.05, 3.63) is 65.4 Å². The fraction of sp³-hybridized carbons (Fsp3) is 0.118. The number of rotatable bonds is 4. The molecule has 23 heavy (non-hydrogen) atoms. The monoisotopic (exact) mass is 322 g/mol. The van der Waals surface area contributed by atoms with Crippen molar-refractivity contribution in [2.24, 2.45) is 0 Å². The first-order valence-corrected chi connectivity index (χ1v) is 8.19. The number of para-hydroxylation sites is 2. The van der Waals surface area contributed by atoms with Crippen LogP contribution in [0, 0.1) is 0 Å². The van der Waals surface area contributed by atoms with Crippen molar-refractivity contribution in [3.8, 4) is 0 Å². The summed E-state index contributed by atoms with van der Waals surface area (Å²) in [4.78, 5) is 21.9. The van der Waals surface area contributed by atoms with Crippen LogP contribution < -0.4 is 5.32 Å². The highest BCUT2D eigenvalue weighted by Crippen LogP contribution is 2.23. The topological polar surface area (TPSA) is 59.3 Å². The van der Waals surface area contributed by atoms with Gasteiger partial charge >= 0.3 is 0 Å². The van der Waals surface area contributed by atoms with Crippen molar-refractivity contribution >= 4 is 33.2 Å². The minimum Gasteiger partial charge on any atom is -0.350 e. The van der Waals surface area contributed by atoms with E-state index >= 15 is 0 Å². The van der Waals surface area contributed by atoms with Crippen LogP contribution in [-0.2, 0) is 17.8 Å². The number of amides is 1. The summed E-state index contributed by atoms with van der Waals surface area (Å²) >= 11 is 1.56. The number of nitrogens with one attached hydrogen (secondary N) is 1. The van der Waals surface area contributed by atoms with Crippen LogP contribution in [0.3, 0.4) is 0 Å². The van der Waals surface area contributed by atoms with Crippen LogP contribution in [0.1, 0.15) is 11.4 Å². The van der Waals surface area contributed by atoms with E-state index in [1.807, 2.05) is 47.8 Å². The van der Waals surface area contributed by atoms with Gasteiger partial charge in [-0.1, -0.05) is 18.2 Å². The molecule has 0 saturated carbocycles. The first-order chi connectivity index (χ1) is 11.3. The summed E-state index contributed by atoms with van der Waals surface area (Å²) in [5, 5.41) is 4.91. The Kier molecular flexibility index (Phi) is 3.51. The summed E-state index contributed by atoms with van der Waals surface area (Å²) in [7, 11) is 0. The van der Waals surface area contributed by atoms with E-state index in [1.165, 1.54) is 0 Å². The number of carbonyl (C=O) groups is 1. The Bertz CT molecular complexity index is 974. The maximum Gasteiger partial charge on any atom is 0.226 e. The number of aromatic nitrogens is 3. The van der Waals surface area contributed by atoms with E-state index in [0.717, 1.165) is 27.4 Å². The molecule has 6 heteroatoms. The third-order valence-corrected chi connectivity index (χ3v) is 4.53. The number of imidazole rings is 1. The van der Waals surface area contributed by atoms with E-state index in [1.54, 1.807) is 17.5 Å². The lowest BCUT2D eigenvalue weighted by Crippen LogP contribution is -2.25. The maximum absolute atomic E-state index is 12.2. The molecule has 3 aromatic heterocycles. The van der Waals surface area contributed by atoms with E-state index in [-0.39, 0.29) is 5.91 Å². The second kappa shape index (κ2) is 5.81. The Morgan fingerprint density at radius 3 is 2.91 bits per heavy atom. The molecule has 1 N–H and O–H groups in total. The van der Waals surface area contributed by atoms with Crippen LogP contribution in [-0.4, -0.2) is 20.3 Å². The SMILES string of the molecule is O=C(Cc1csc2nc3ccccc3n12)NCc1ccccn1. The average Bonchev–Trinajstić information content (AvgIpc) is 3.14. The second-order valence-corrected chi connectivity index (χ2v) is 6.06. The summed E-state index contributed by atoms with van der Waals surface area (Å²) in [6, 6.07) is 13.6. The van der Waals surface area contributed by atoms with Crippen molar-refractivity contribution in [1.29, 1.82) is 0 Å². The van der Waals surface area contributed by atoms with Gasteiger partial charge in [0.2, 0.25) is 5.91 Å². The molecule has 0 aliphatic carbocycles. The normalized spacial score (nSPS) is 11.1. The Morgan fingerprint density at radius 2 is 2.04 bits per heavy atom. The molecule has 0 aliphatic rings. The van der Waals surface area contributed by atoms with E-state index in [2.05, 4.69) is 19.7 Å². The van der Waals surface area contributed by atoms with Crippen molar-refractivity contribution in [2.45, 2.75) is 13.0 Å². The average molecular weight is 322 g/mol. The molecular formula is C17H14N4OS. The van der Waals surface area contributed by atoms with Gasteiger partial charge in [0.15, 0.2) is 4.96 Å². The smallest absolute Gasteiger partial charge is 0.226 e. The maximum atomic E-state index is 12.2. The quantitative estimate of drug-likeness (QED) is 0.628. The number of nitrogens with zero attached hydrogens (tertiary/aromatic N) is 3. The molecule has 5 nitrogen and oxygen atoms in total. The molecule has 0 atom stereocenters. The summed E-state index contributed by atoms with van der Waals surface area (Å²) < 4.78 is 2.06. The number of fused-ring (bicyclic) bond motifs is 3. The largest absolute Gasteiger partial charge is 0.350 e.